The van der Waals surface area contributed by atoms with Crippen LogP contribution in [0.5, 0.6) is 0 Å². The second kappa shape index (κ2) is 38.3. The average molecular weight is 76.9 g/mol. The van der Waals surface area contributed by atoms with Gasteiger partial charge in [0, 0.05) is 0 Å². The van der Waals surface area contributed by atoms with Gasteiger partial charge in [-0.15, -0.1) is 0 Å². The fourth-order valence-corrected chi connectivity index (χ4v) is 0. The Hall–Kier alpha value is -0.0551. The first-order chi connectivity index (χ1) is 1.41. The second-order valence-corrected chi connectivity index (χ2v) is 0.289. The van der Waals surface area contributed by atoms with Crippen molar-refractivity contribution < 1.29 is 11.0 Å². The first-order valence-electron chi connectivity index (χ1n) is 0.789. The minimum atomic E-state index is 0. The van der Waals surface area contributed by atoms with Crippen LogP contribution in [0.15, 0.2) is 0 Å². The largest absolute Gasteiger partial charge is 0.412 e. The molecule has 0 fully saturated rings. The number of nitrogens with one attached hydrogen (secondary N) is 1. The van der Waals surface area contributed by atoms with E-state index in [4.69, 9.17) is 0 Å². The van der Waals surface area contributed by atoms with Crippen LogP contribution in [0, 0.1) is 0 Å². The lowest BCUT2D eigenvalue weighted by atomic mass is 10.5. The van der Waals surface area contributed by atoms with Crippen molar-refractivity contribution in [3.05, 3.63) is 0 Å². The summed E-state index contributed by atoms with van der Waals surface area (Å²) in [5, 5.41) is 2.25. The molecule has 0 aliphatic carbocycles. The summed E-state index contributed by atoms with van der Waals surface area (Å²) in [5.74, 6) is 0. The standard InChI is InChI=1S/CH4BN.2H2O/c1-3-2;;/h3H,1H3;2*1H2. The summed E-state index contributed by atoms with van der Waals surface area (Å²) in [6, 6.07) is 0. The highest BCUT2D eigenvalue weighted by Crippen LogP contribution is 0.933. The van der Waals surface area contributed by atoms with Crippen LogP contribution in [0.1, 0.15) is 0 Å². The number of hydrogen-bond donors (Lipinski definition) is 1. The highest BCUT2D eigenvalue weighted by atomic mass is 16.0. The van der Waals surface area contributed by atoms with E-state index in [0.29, 0.717) is 0 Å². The summed E-state index contributed by atoms with van der Waals surface area (Å²) < 4.78 is 0. The van der Waals surface area contributed by atoms with Gasteiger partial charge in [0.15, 0.2) is 7.98 Å². The van der Waals surface area contributed by atoms with Gasteiger partial charge >= 0.3 is 0 Å². The van der Waals surface area contributed by atoms with Crippen molar-refractivity contribution in [2.45, 2.75) is 0 Å². The van der Waals surface area contributed by atoms with E-state index in [2.05, 4.69) is 13.2 Å². The SMILES string of the molecule is O.O.[B]NC. The van der Waals surface area contributed by atoms with Crippen molar-refractivity contribution in [3.63, 3.8) is 0 Å². The summed E-state index contributed by atoms with van der Waals surface area (Å²) in [6.45, 7) is 0. The Morgan fingerprint density at radius 2 is 1.40 bits per heavy atom. The summed E-state index contributed by atoms with van der Waals surface area (Å²) in [5.41, 5.74) is 0. The molecule has 0 unspecified atom stereocenters. The summed E-state index contributed by atoms with van der Waals surface area (Å²) in [4.78, 5) is 0. The van der Waals surface area contributed by atoms with Gasteiger partial charge in [-0.05, 0) is 7.05 Å². The second-order valence-electron chi connectivity index (χ2n) is 0.289. The van der Waals surface area contributed by atoms with Gasteiger partial charge in [-0.3, -0.25) is 0 Å². The van der Waals surface area contributed by atoms with Crippen LogP contribution >= 0.6 is 0 Å². The predicted octanol–water partition coefficient (Wildman–Crippen LogP) is -2.36. The fourth-order valence-electron chi connectivity index (χ4n) is 0. The van der Waals surface area contributed by atoms with Crippen LogP contribution in [-0.2, 0) is 0 Å². The number of hydrogen-bond acceptors (Lipinski definition) is 1. The highest BCUT2D eigenvalue weighted by Gasteiger charge is 1.29. The first kappa shape index (κ1) is 20.3. The molecular weight excluding hydrogens is 68.8 g/mol. The third kappa shape index (κ3) is 4920. The van der Waals surface area contributed by atoms with Crippen molar-refractivity contribution in [2.75, 3.05) is 7.05 Å². The van der Waals surface area contributed by atoms with E-state index in [1.165, 1.54) is 0 Å². The smallest absolute Gasteiger partial charge is 0.177 e. The third-order valence-corrected chi connectivity index (χ3v) is 0. The van der Waals surface area contributed by atoms with E-state index in [1.54, 1.807) is 7.05 Å². The Morgan fingerprint density at radius 3 is 1.40 bits per heavy atom. The van der Waals surface area contributed by atoms with Crippen LogP contribution < -0.4 is 5.23 Å². The fraction of sp³-hybridized carbons (Fsp3) is 1.00. The molecule has 3 nitrogen and oxygen atoms in total. The highest BCUT2D eigenvalue weighted by molar-refractivity contribution is 6.04. The van der Waals surface area contributed by atoms with E-state index in [1.807, 2.05) is 0 Å². The first-order valence-corrected chi connectivity index (χ1v) is 0.789. The Labute approximate surface area is 32.4 Å². The molecular formula is CH8BNO2. The molecule has 5 N–H and O–H groups in total. The summed E-state index contributed by atoms with van der Waals surface area (Å²) in [6.07, 6.45) is 0. The van der Waals surface area contributed by atoms with Crippen molar-refractivity contribution in [1.82, 2.24) is 5.23 Å². The molecule has 0 saturated carbocycles. The maximum atomic E-state index is 4.60. The maximum Gasteiger partial charge on any atom is 0.177 e. The molecule has 0 heterocycles. The zero-order chi connectivity index (χ0) is 2.71. The predicted molar refractivity (Wildman–Crippen MR) is 22.0 cm³/mol. The molecule has 0 spiro atoms. The van der Waals surface area contributed by atoms with Crippen molar-refractivity contribution in [1.29, 1.82) is 0 Å². The molecule has 0 aliphatic heterocycles. The van der Waals surface area contributed by atoms with Gasteiger partial charge in [0.1, 0.15) is 0 Å². The molecule has 4 heteroatoms. The van der Waals surface area contributed by atoms with Crippen LogP contribution in [-0.4, -0.2) is 26.0 Å². The maximum absolute atomic E-state index is 4.60. The topological polar surface area (TPSA) is 75.0 Å². The van der Waals surface area contributed by atoms with E-state index < -0.39 is 0 Å². The van der Waals surface area contributed by atoms with Gasteiger partial charge in [-0.1, -0.05) is 0 Å². The minimum Gasteiger partial charge on any atom is -0.412 e. The zero-order valence-corrected chi connectivity index (χ0v) is 3.08. The molecule has 32 valence electrons. The molecule has 0 bridgehead atoms. The monoisotopic (exact) mass is 77.1 g/mol. The van der Waals surface area contributed by atoms with E-state index >= 15 is 0 Å². The Bertz CT molecular complexity index is 9.61. The van der Waals surface area contributed by atoms with Crippen LogP contribution in [0.4, 0.5) is 0 Å². The number of rotatable bonds is 0. The summed E-state index contributed by atoms with van der Waals surface area (Å²) >= 11 is 0. The van der Waals surface area contributed by atoms with Gasteiger partial charge in [0.25, 0.3) is 0 Å². The lowest BCUT2D eigenvalue weighted by molar-refractivity contribution is 0.823. The van der Waals surface area contributed by atoms with Gasteiger partial charge in [-0.25, -0.2) is 0 Å². The third-order valence-electron chi connectivity index (χ3n) is 0. The van der Waals surface area contributed by atoms with Crippen LogP contribution in [0.3, 0.4) is 0 Å². The van der Waals surface area contributed by atoms with E-state index in [9.17, 15) is 0 Å². The molecule has 0 aromatic rings. The summed E-state index contributed by atoms with van der Waals surface area (Å²) in [7, 11) is 6.25. The van der Waals surface area contributed by atoms with Crippen molar-refractivity contribution >= 4 is 7.98 Å². The lowest BCUT2D eigenvalue weighted by Gasteiger charge is -1.58. The van der Waals surface area contributed by atoms with Crippen LogP contribution in [0.2, 0.25) is 0 Å². The van der Waals surface area contributed by atoms with Crippen LogP contribution in [0.25, 0.3) is 0 Å². The average Bonchev–Trinajstić information content (AvgIpc) is 0.918. The molecule has 0 aromatic heterocycles. The van der Waals surface area contributed by atoms with Gasteiger partial charge < -0.3 is 16.2 Å². The Morgan fingerprint density at radius 1 is 1.40 bits per heavy atom. The molecule has 0 amide bonds. The van der Waals surface area contributed by atoms with Gasteiger partial charge in [0.05, 0.1) is 0 Å². The molecule has 0 rings (SSSR count). The van der Waals surface area contributed by atoms with Gasteiger partial charge in [-0.2, -0.15) is 0 Å². The normalized spacial score (nSPS) is 3.40. The van der Waals surface area contributed by atoms with Gasteiger partial charge in [0.2, 0.25) is 0 Å². The minimum absolute atomic E-state index is 0. The van der Waals surface area contributed by atoms with E-state index in [0.717, 1.165) is 0 Å². The zero-order valence-electron chi connectivity index (χ0n) is 3.08. The molecule has 0 saturated heterocycles. The quantitative estimate of drug-likeness (QED) is 0.322. The lowest BCUT2D eigenvalue weighted by Crippen LogP contribution is -1.93. The molecule has 0 aromatic carbocycles. The molecule has 0 aliphatic rings. The molecule has 0 atom stereocenters. The Kier molecular flexibility index (Phi) is 156. The van der Waals surface area contributed by atoms with Crippen molar-refractivity contribution in [2.24, 2.45) is 0 Å². The Balaban J connectivity index is -0.0000000200. The molecule has 5 heavy (non-hydrogen) atoms. The molecule has 2 radical (unpaired) electrons. The van der Waals surface area contributed by atoms with E-state index in [-0.39, 0.29) is 11.0 Å². The van der Waals surface area contributed by atoms with Crippen molar-refractivity contribution in [3.8, 4) is 0 Å².